The summed E-state index contributed by atoms with van der Waals surface area (Å²) < 4.78 is 34.6. The molecule has 0 nitrogen and oxygen atoms in total. The molecule has 1 unspecified atom stereocenters. The van der Waals surface area contributed by atoms with Gasteiger partial charge in [-0.1, -0.05) is 13.3 Å². The van der Waals surface area contributed by atoms with Crippen LogP contribution in [0.25, 0.3) is 0 Å². The lowest BCUT2D eigenvalue weighted by atomic mass is 10.1. The van der Waals surface area contributed by atoms with Crippen molar-refractivity contribution in [3.8, 4) is 0 Å². The highest BCUT2D eigenvalue weighted by Crippen LogP contribution is 2.28. The largest absolute Gasteiger partial charge is 0.391 e. The van der Waals surface area contributed by atoms with Crippen molar-refractivity contribution in [1.29, 1.82) is 0 Å². The van der Waals surface area contributed by atoms with Gasteiger partial charge in [0, 0.05) is 0 Å². The lowest BCUT2D eigenvalue weighted by molar-refractivity contribution is -0.163. The fraction of sp³-hybridized carbons (Fsp3) is 0.667. The van der Waals surface area contributed by atoms with E-state index in [0.717, 1.165) is 0 Å². The average molecular weight is 138 g/mol. The quantitative estimate of drug-likeness (QED) is 0.550. The minimum atomic E-state index is -4.14. The Kier molecular flexibility index (Phi) is 3.01. The Hall–Kier alpha value is -0.210. The van der Waals surface area contributed by atoms with Gasteiger partial charge in [-0.25, -0.2) is 0 Å². The highest BCUT2D eigenvalue weighted by Gasteiger charge is 2.34. The number of halogens is 3. The van der Waals surface area contributed by atoms with Gasteiger partial charge in [-0.15, -0.1) is 0 Å². The second kappa shape index (κ2) is 3.08. The second-order valence-corrected chi connectivity index (χ2v) is 1.88. The Morgan fingerprint density at radius 2 is 1.78 bits per heavy atom. The average Bonchev–Trinajstić information content (AvgIpc) is 1.64. The van der Waals surface area contributed by atoms with Gasteiger partial charge in [0.25, 0.3) is 0 Å². The molecule has 0 aromatic carbocycles. The van der Waals surface area contributed by atoms with E-state index in [-0.39, 0.29) is 12.8 Å². The maximum absolute atomic E-state index is 11.5. The second-order valence-electron chi connectivity index (χ2n) is 1.88. The molecule has 1 atom stereocenters. The van der Waals surface area contributed by atoms with Crippen molar-refractivity contribution in [2.45, 2.75) is 19.0 Å². The van der Waals surface area contributed by atoms with E-state index in [9.17, 15) is 13.2 Å². The Bertz CT molecular complexity index is 74.9. The molecular weight excluding hydrogens is 129 g/mol. The van der Waals surface area contributed by atoms with Crippen molar-refractivity contribution < 1.29 is 13.2 Å². The molecule has 0 rings (SSSR count). The molecule has 0 fully saturated rings. The molecule has 0 aromatic rings. The Labute approximate surface area is 53.1 Å². The first kappa shape index (κ1) is 8.79. The van der Waals surface area contributed by atoms with Gasteiger partial charge in [-0.3, -0.25) is 0 Å². The molecule has 0 heterocycles. The molecule has 2 radical (unpaired) electrons. The molecule has 0 spiro atoms. The number of hydrogen-bond donors (Lipinski definition) is 0. The summed E-state index contributed by atoms with van der Waals surface area (Å²) >= 11 is 0. The van der Waals surface area contributed by atoms with E-state index in [1.54, 1.807) is 0 Å². The van der Waals surface area contributed by atoms with Crippen molar-refractivity contribution in [1.82, 2.24) is 0 Å². The van der Waals surface area contributed by atoms with E-state index in [1.165, 1.54) is 0 Å². The molecule has 0 aliphatic rings. The van der Waals surface area contributed by atoms with Gasteiger partial charge in [0.2, 0.25) is 0 Å². The van der Waals surface area contributed by atoms with Crippen molar-refractivity contribution in [3.63, 3.8) is 0 Å². The standard InChI is InChI=1S/C6H9F3/c1-3-4-5(2)6(7,8)9/h5H,1-4H2. The first-order valence-electron chi connectivity index (χ1n) is 2.67. The van der Waals surface area contributed by atoms with Gasteiger partial charge in [-0.05, 0) is 13.3 Å². The van der Waals surface area contributed by atoms with Crippen molar-refractivity contribution in [3.05, 3.63) is 13.8 Å². The molecule has 0 aromatic heterocycles. The summed E-state index contributed by atoms with van der Waals surface area (Å²) in [6.45, 7) is 6.23. The van der Waals surface area contributed by atoms with Crippen LogP contribution in [0.4, 0.5) is 13.2 Å². The van der Waals surface area contributed by atoms with Crippen molar-refractivity contribution in [2.75, 3.05) is 0 Å². The first-order valence-corrected chi connectivity index (χ1v) is 2.67. The van der Waals surface area contributed by atoms with Crippen LogP contribution in [-0.4, -0.2) is 6.18 Å². The molecule has 0 amide bonds. The summed E-state index contributed by atoms with van der Waals surface area (Å²) in [6, 6.07) is 0. The molecule has 0 bridgehead atoms. The van der Waals surface area contributed by atoms with Crippen LogP contribution in [-0.2, 0) is 0 Å². The van der Waals surface area contributed by atoms with Crippen LogP contribution in [0.3, 0.4) is 0 Å². The number of rotatable bonds is 2. The highest BCUT2D eigenvalue weighted by atomic mass is 19.4. The summed E-state index contributed by atoms with van der Waals surface area (Å²) in [5.74, 6) is -1.45. The fourth-order valence-corrected chi connectivity index (χ4v) is 0.410. The molecule has 0 saturated heterocycles. The van der Waals surface area contributed by atoms with Crippen molar-refractivity contribution in [2.24, 2.45) is 5.92 Å². The monoisotopic (exact) mass is 138 g/mol. The first-order chi connectivity index (χ1) is 3.98. The van der Waals surface area contributed by atoms with Crippen LogP contribution < -0.4 is 0 Å². The zero-order valence-corrected chi connectivity index (χ0v) is 5.04. The molecular formula is C6H9F3. The minimum absolute atomic E-state index is 0.0174. The molecule has 3 heteroatoms. The Balaban J connectivity index is 3.59. The zero-order valence-electron chi connectivity index (χ0n) is 5.04. The van der Waals surface area contributed by atoms with Crippen molar-refractivity contribution >= 4 is 0 Å². The summed E-state index contributed by atoms with van der Waals surface area (Å²) in [5, 5.41) is 0. The summed E-state index contributed by atoms with van der Waals surface area (Å²) in [6.07, 6.45) is -3.84. The fourth-order valence-electron chi connectivity index (χ4n) is 0.410. The third-order valence-electron chi connectivity index (χ3n) is 1.02. The Morgan fingerprint density at radius 1 is 1.33 bits per heavy atom. The molecule has 0 aliphatic heterocycles. The Morgan fingerprint density at radius 3 is 1.89 bits per heavy atom. The van der Waals surface area contributed by atoms with E-state index >= 15 is 0 Å². The van der Waals surface area contributed by atoms with E-state index in [2.05, 4.69) is 13.8 Å². The smallest absolute Gasteiger partial charge is 0.171 e. The summed E-state index contributed by atoms with van der Waals surface area (Å²) in [7, 11) is 0. The number of alkyl halides is 3. The molecule has 9 heavy (non-hydrogen) atoms. The van der Waals surface area contributed by atoms with E-state index in [0.29, 0.717) is 0 Å². The van der Waals surface area contributed by atoms with E-state index in [4.69, 9.17) is 0 Å². The lowest BCUT2D eigenvalue weighted by Crippen LogP contribution is -2.19. The normalized spacial score (nSPS) is 15.7. The van der Waals surface area contributed by atoms with Crippen LogP contribution in [0.2, 0.25) is 0 Å². The third kappa shape index (κ3) is 3.38. The predicted molar refractivity (Wildman–Crippen MR) is 29.5 cm³/mol. The van der Waals surface area contributed by atoms with E-state index < -0.39 is 12.1 Å². The van der Waals surface area contributed by atoms with Crippen LogP contribution in [0, 0.1) is 19.8 Å². The third-order valence-corrected chi connectivity index (χ3v) is 1.02. The van der Waals surface area contributed by atoms with E-state index in [1.807, 2.05) is 0 Å². The summed E-state index contributed by atoms with van der Waals surface area (Å²) in [5.41, 5.74) is 0. The number of hydrogen-bond acceptors (Lipinski definition) is 0. The van der Waals surface area contributed by atoms with Gasteiger partial charge >= 0.3 is 6.18 Å². The highest BCUT2D eigenvalue weighted by molar-refractivity contribution is 4.69. The van der Waals surface area contributed by atoms with Gasteiger partial charge in [0.15, 0.2) is 0 Å². The maximum Gasteiger partial charge on any atom is 0.391 e. The topological polar surface area (TPSA) is 0 Å². The van der Waals surface area contributed by atoms with Crippen LogP contribution in [0.1, 0.15) is 12.8 Å². The van der Waals surface area contributed by atoms with Gasteiger partial charge in [0.1, 0.15) is 0 Å². The van der Waals surface area contributed by atoms with Crippen LogP contribution >= 0.6 is 0 Å². The predicted octanol–water partition coefficient (Wildman–Crippen LogP) is 2.61. The maximum atomic E-state index is 11.5. The SMILES string of the molecule is [CH2]CCC([CH2])C(F)(F)F. The van der Waals surface area contributed by atoms with Gasteiger partial charge < -0.3 is 0 Å². The molecule has 54 valence electrons. The minimum Gasteiger partial charge on any atom is -0.171 e. The van der Waals surface area contributed by atoms with Crippen LogP contribution in [0.5, 0.6) is 0 Å². The molecule has 0 aliphatic carbocycles. The zero-order chi connectivity index (χ0) is 7.49. The molecule has 0 saturated carbocycles. The lowest BCUT2D eigenvalue weighted by Gasteiger charge is -2.13. The molecule has 0 N–H and O–H groups in total. The van der Waals surface area contributed by atoms with Gasteiger partial charge in [0.05, 0.1) is 5.92 Å². The van der Waals surface area contributed by atoms with Crippen LogP contribution in [0.15, 0.2) is 0 Å². The van der Waals surface area contributed by atoms with Gasteiger partial charge in [-0.2, -0.15) is 13.2 Å². The summed E-state index contributed by atoms with van der Waals surface area (Å²) in [4.78, 5) is 0.